The van der Waals surface area contributed by atoms with E-state index in [1.807, 2.05) is 0 Å². The Balaban J connectivity index is 0. The van der Waals surface area contributed by atoms with Crippen molar-refractivity contribution >= 4 is 7.26 Å². The summed E-state index contributed by atoms with van der Waals surface area (Å²) in [5.74, 6) is 0. The van der Waals surface area contributed by atoms with Gasteiger partial charge < -0.3 is 0 Å². The molecule has 0 aromatic heterocycles. The van der Waals surface area contributed by atoms with Crippen LogP contribution in [-0.4, -0.2) is 26.7 Å². The monoisotopic (exact) mass is 150 g/mol. The molecular formula is C4H12CoP+. The first kappa shape index (κ1) is 10.0. The molecule has 0 aromatic rings. The first-order valence-corrected chi connectivity index (χ1v) is 5.37. The second-order valence-corrected chi connectivity index (χ2v) is 8.05. The van der Waals surface area contributed by atoms with Crippen molar-refractivity contribution in [3.63, 3.8) is 0 Å². The molecule has 0 heterocycles. The summed E-state index contributed by atoms with van der Waals surface area (Å²) in [6.07, 6.45) is 0. The molecule has 0 nitrogen and oxygen atoms in total. The van der Waals surface area contributed by atoms with Gasteiger partial charge in [-0.25, -0.2) is 0 Å². The first-order chi connectivity index (χ1) is 2.00. The minimum atomic E-state index is -0.389. The Bertz CT molecular complexity index is 23.0. The van der Waals surface area contributed by atoms with Crippen molar-refractivity contribution in [2.45, 2.75) is 0 Å². The van der Waals surface area contributed by atoms with Crippen molar-refractivity contribution < 1.29 is 16.8 Å². The zero-order valence-electron chi connectivity index (χ0n) is 4.78. The smallest absolute Gasteiger partial charge is 0 e. The summed E-state index contributed by atoms with van der Waals surface area (Å²) in [6.45, 7) is 9.19. The maximum atomic E-state index is 2.30. The van der Waals surface area contributed by atoms with Gasteiger partial charge in [-0.15, -0.1) is 0 Å². The van der Waals surface area contributed by atoms with Crippen molar-refractivity contribution in [1.82, 2.24) is 0 Å². The van der Waals surface area contributed by atoms with E-state index >= 15 is 0 Å². The topological polar surface area (TPSA) is 0 Å². The Morgan fingerprint density at radius 2 is 0.833 bits per heavy atom. The van der Waals surface area contributed by atoms with Crippen LogP contribution in [0.4, 0.5) is 0 Å². The first-order valence-electron chi connectivity index (χ1n) is 1.79. The summed E-state index contributed by atoms with van der Waals surface area (Å²) < 4.78 is 0. The quantitative estimate of drug-likeness (QED) is 0.459. The Labute approximate surface area is 51.2 Å². The Morgan fingerprint density at radius 1 is 0.833 bits per heavy atom. The molecule has 0 aliphatic heterocycles. The van der Waals surface area contributed by atoms with E-state index in [1.165, 1.54) is 0 Å². The number of hydrogen-bond acceptors (Lipinski definition) is 0. The van der Waals surface area contributed by atoms with Crippen LogP contribution >= 0.6 is 7.26 Å². The van der Waals surface area contributed by atoms with Crippen LogP contribution < -0.4 is 0 Å². The molecule has 6 heavy (non-hydrogen) atoms. The van der Waals surface area contributed by atoms with Crippen LogP contribution in [0.25, 0.3) is 0 Å². The second-order valence-electron chi connectivity index (χ2n) is 2.68. The molecule has 0 unspecified atom stereocenters. The van der Waals surface area contributed by atoms with E-state index in [0.29, 0.717) is 0 Å². The van der Waals surface area contributed by atoms with Gasteiger partial charge in [-0.3, -0.25) is 0 Å². The number of rotatable bonds is 0. The van der Waals surface area contributed by atoms with E-state index in [-0.39, 0.29) is 24.0 Å². The molecule has 1 radical (unpaired) electrons. The van der Waals surface area contributed by atoms with Crippen LogP contribution in [0.3, 0.4) is 0 Å². The summed E-state index contributed by atoms with van der Waals surface area (Å²) in [6, 6.07) is 0. The normalized spacial score (nSPS) is 10.0. The molecule has 0 aliphatic carbocycles. The maximum Gasteiger partial charge on any atom is 0.0481 e. The molecule has 0 atom stereocenters. The van der Waals surface area contributed by atoms with Crippen LogP contribution in [0.15, 0.2) is 0 Å². The summed E-state index contributed by atoms with van der Waals surface area (Å²) in [5, 5.41) is 0. The van der Waals surface area contributed by atoms with Gasteiger partial charge in [-0.2, -0.15) is 0 Å². The Hall–Kier alpha value is 0.936. The van der Waals surface area contributed by atoms with Crippen LogP contribution in [0.5, 0.6) is 0 Å². The summed E-state index contributed by atoms with van der Waals surface area (Å²) in [7, 11) is -0.389. The van der Waals surface area contributed by atoms with Crippen LogP contribution in [0.2, 0.25) is 0 Å². The Morgan fingerprint density at radius 3 is 0.833 bits per heavy atom. The van der Waals surface area contributed by atoms with Crippen molar-refractivity contribution in [2.24, 2.45) is 0 Å². The van der Waals surface area contributed by atoms with Crippen molar-refractivity contribution in [2.75, 3.05) is 26.7 Å². The van der Waals surface area contributed by atoms with Gasteiger partial charge in [0.1, 0.15) is 0 Å². The molecule has 0 rings (SSSR count). The zero-order chi connectivity index (χ0) is 4.50. The predicted octanol–water partition coefficient (Wildman–Crippen LogP) is 1.52. The molecule has 41 valence electrons. The maximum absolute atomic E-state index is 2.30. The summed E-state index contributed by atoms with van der Waals surface area (Å²) in [5.41, 5.74) is 0. The molecule has 0 N–H and O–H groups in total. The minimum Gasteiger partial charge on any atom is 0 e. The van der Waals surface area contributed by atoms with Gasteiger partial charge >= 0.3 is 0 Å². The zero-order valence-corrected chi connectivity index (χ0v) is 6.72. The second kappa shape index (κ2) is 3.01. The molecule has 0 saturated carbocycles. The van der Waals surface area contributed by atoms with E-state index < -0.39 is 0 Å². The van der Waals surface area contributed by atoms with Gasteiger partial charge in [0.05, 0.1) is 0 Å². The Kier molecular flexibility index (Phi) is 5.03. The molecule has 2 heteroatoms. The molecule has 0 aromatic carbocycles. The van der Waals surface area contributed by atoms with Crippen molar-refractivity contribution in [1.29, 1.82) is 0 Å². The van der Waals surface area contributed by atoms with E-state index in [0.717, 1.165) is 0 Å². The average Bonchev–Trinajstić information content (AvgIpc) is 0.722. The third-order valence-electron chi connectivity index (χ3n) is 0. The van der Waals surface area contributed by atoms with Crippen LogP contribution in [0, 0.1) is 0 Å². The fourth-order valence-corrected chi connectivity index (χ4v) is 0. The summed E-state index contributed by atoms with van der Waals surface area (Å²) >= 11 is 0. The van der Waals surface area contributed by atoms with E-state index in [1.54, 1.807) is 0 Å². The third kappa shape index (κ3) is 87.2. The van der Waals surface area contributed by atoms with E-state index in [9.17, 15) is 0 Å². The minimum absolute atomic E-state index is 0. The fraction of sp³-hybridized carbons (Fsp3) is 1.00. The molecule has 0 bridgehead atoms. The van der Waals surface area contributed by atoms with E-state index in [2.05, 4.69) is 26.7 Å². The van der Waals surface area contributed by atoms with Gasteiger partial charge in [0.25, 0.3) is 0 Å². The SMILES string of the molecule is C[P+](C)(C)C.[Co]. The molecule has 0 aliphatic rings. The van der Waals surface area contributed by atoms with Gasteiger partial charge in [0, 0.05) is 50.7 Å². The van der Waals surface area contributed by atoms with E-state index in [4.69, 9.17) is 0 Å². The molecule has 0 saturated heterocycles. The average molecular weight is 150 g/mol. The van der Waals surface area contributed by atoms with Crippen LogP contribution in [0.1, 0.15) is 0 Å². The summed E-state index contributed by atoms with van der Waals surface area (Å²) in [4.78, 5) is 0. The van der Waals surface area contributed by atoms with Crippen LogP contribution in [-0.2, 0) is 16.8 Å². The third-order valence-corrected chi connectivity index (χ3v) is 0. The molecule has 0 amide bonds. The predicted molar refractivity (Wildman–Crippen MR) is 30.6 cm³/mol. The van der Waals surface area contributed by atoms with Crippen molar-refractivity contribution in [3.8, 4) is 0 Å². The fourth-order valence-electron chi connectivity index (χ4n) is 0. The molecule has 0 fully saturated rings. The molecule has 0 spiro atoms. The van der Waals surface area contributed by atoms with Gasteiger partial charge in [-0.05, 0) is 0 Å². The number of hydrogen-bond donors (Lipinski definition) is 0. The standard InChI is InChI=1S/C4H12P.Co/c1-5(2,3)4;/h1-4H3;/q+1;. The van der Waals surface area contributed by atoms with Gasteiger partial charge in [0.2, 0.25) is 0 Å². The molecular weight excluding hydrogens is 138 g/mol. The van der Waals surface area contributed by atoms with Gasteiger partial charge in [0.15, 0.2) is 0 Å². The van der Waals surface area contributed by atoms with Gasteiger partial charge in [-0.1, -0.05) is 0 Å². The van der Waals surface area contributed by atoms with Crippen molar-refractivity contribution in [3.05, 3.63) is 0 Å². The largest absolute Gasteiger partial charge is 0.0481 e.